The maximum absolute atomic E-state index is 6.01. The Labute approximate surface area is 86.9 Å². The van der Waals surface area contributed by atoms with Crippen LogP contribution in [0.15, 0.2) is 36.4 Å². The highest BCUT2D eigenvalue weighted by atomic mass is 35.5. The van der Waals surface area contributed by atoms with Gasteiger partial charge in [0.2, 0.25) is 0 Å². The van der Waals surface area contributed by atoms with Crippen LogP contribution in [0, 0.1) is 0 Å². The summed E-state index contributed by atoms with van der Waals surface area (Å²) in [4.78, 5) is 0. The minimum Gasteiger partial charge on any atom is -0.352 e. The minimum atomic E-state index is -0.226. The van der Waals surface area contributed by atoms with Crippen molar-refractivity contribution < 1.29 is 0 Å². The quantitative estimate of drug-likeness (QED) is 0.509. The molecule has 0 spiro atoms. The zero-order valence-electron chi connectivity index (χ0n) is 7.42. The van der Waals surface area contributed by atoms with Crippen molar-refractivity contribution in [2.45, 2.75) is 5.62 Å². The lowest BCUT2D eigenvalue weighted by Gasteiger charge is -2.24. The lowest BCUT2D eigenvalue weighted by Crippen LogP contribution is -2.25. The molecule has 0 radical (unpaired) electrons. The van der Waals surface area contributed by atoms with Crippen LogP contribution >= 0.6 is 11.6 Å². The van der Waals surface area contributed by atoms with Crippen molar-refractivity contribution in [2.24, 2.45) is 0 Å². The second kappa shape index (κ2) is 2.79. The monoisotopic (exact) mass is 204 g/mol. The van der Waals surface area contributed by atoms with E-state index in [4.69, 9.17) is 11.6 Å². The minimum absolute atomic E-state index is 0.226. The number of nitrogens with one attached hydrogen (secondary N) is 2. The Balaban J connectivity index is 2.40. The molecule has 0 saturated carbocycles. The largest absolute Gasteiger partial charge is 0.352 e. The van der Waals surface area contributed by atoms with Crippen LogP contribution in [0.4, 0.5) is 11.4 Å². The van der Waals surface area contributed by atoms with Gasteiger partial charge in [0.05, 0.1) is 0 Å². The molecule has 0 atom stereocenters. The fraction of sp³-hybridized carbons (Fsp3) is 0.0909. The Morgan fingerprint density at radius 1 is 0.929 bits per heavy atom. The third-order valence-electron chi connectivity index (χ3n) is 2.47. The number of anilines is 2. The predicted molar refractivity (Wildman–Crippen MR) is 60.8 cm³/mol. The summed E-state index contributed by atoms with van der Waals surface area (Å²) in [5.74, 6) is 0. The van der Waals surface area contributed by atoms with Gasteiger partial charge < -0.3 is 10.6 Å². The summed E-state index contributed by atoms with van der Waals surface area (Å²) < 4.78 is 0. The molecule has 0 aromatic heterocycles. The van der Waals surface area contributed by atoms with Crippen molar-refractivity contribution in [1.29, 1.82) is 0 Å². The molecule has 0 fully saturated rings. The van der Waals surface area contributed by atoms with Gasteiger partial charge in [-0.25, -0.2) is 0 Å². The van der Waals surface area contributed by atoms with Gasteiger partial charge in [0.1, 0.15) is 0 Å². The van der Waals surface area contributed by atoms with E-state index in [1.807, 2.05) is 24.3 Å². The molecule has 2 aromatic carbocycles. The molecule has 3 heteroatoms. The molecule has 14 heavy (non-hydrogen) atoms. The van der Waals surface area contributed by atoms with Crippen molar-refractivity contribution in [3.8, 4) is 0 Å². The maximum atomic E-state index is 6.01. The van der Waals surface area contributed by atoms with E-state index in [0.29, 0.717) is 0 Å². The van der Waals surface area contributed by atoms with E-state index < -0.39 is 0 Å². The van der Waals surface area contributed by atoms with Gasteiger partial charge in [-0.1, -0.05) is 35.9 Å². The van der Waals surface area contributed by atoms with E-state index >= 15 is 0 Å². The van der Waals surface area contributed by atoms with Crippen LogP contribution in [-0.4, -0.2) is 5.62 Å². The van der Waals surface area contributed by atoms with Crippen LogP contribution in [0.2, 0.25) is 0 Å². The molecule has 0 aliphatic carbocycles. The summed E-state index contributed by atoms with van der Waals surface area (Å²) in [5.41, 5.74) is 1.96. The van der Waals surface area contributed by atoms with Gasteiger partial charge in [0.25, 0.3) is 0 Å². The molecule has 0 bridgehead atoms. The number of hydrogen-bond donors (Lipinski definition) is 2. The highest BCUT2D eigenvalue weighted by Gasteiger charge is 2.15. The first kappa shape index (κ1) is 7.94. The van der Waals surface area contributed by atoms with Crippen molar-refractivity contribution in [3.05, 3.63) is 36.4 Å². The Hall–Kier alpha value is -1.41. The summed E-state index contributed by atoms with van der Waals surface area (Å²) in [7, 11) is 0. The molecule has 2 N–H and O–H groups in total. The Morgan fingerprint density at radius 3 is 2.07 bits per heavy atom. The molecule has 0 amide bonds. The van der Waals surface area contributed by atoms with Gasteiger partial charge in [-0.15, -0.1) is 0 Å². The molecule has 70 valence electrons. The van der Waals surface area contributed by atoms with Gasteiger partial charge in [-0.3, -0.25) is 0 Å². The van der Waals surface area contributed by atoms with E-state index in [1.165, 1.54) is 10.8 Å². The Bertz CT molecular complexity index is 455. The first-order valence-corrected chi connectivity index (χ1v) is 4.97. The summed E-state index contributed by atoms with van der Waals surface area (Å²) in [6, 6.07) is 12.3. The normalized spacial score (nSPS) is 14.9. The highest BCUT2D eigenvalue weighted by molar-refractivity contribution is 6.24. The van der Waals surface area contributed by atoms with Crippen molar-refractivity contribution in [1.82, 2.24) is 0 Å². The molecule has 1 aliphatic rings. The molecule has 0 unspecified atom stereocenters. The number of alkyl halides is 1. The summed E-state index contributed by atoms with van der Waals surface area (Å²) in [6.07, 6.45) is 0. The Kier molecular flexibility index (Phi) is 1.58. The molecular weight excluding hydrogens is 196 g/mol. The van der Waals surface area contributed by atoms with E-state index in [9.17, 15) is 0 Å². The molecule has 3 rings (SSSR count). The molecular formula is C11H9ClN2. The van der Waals surface area contributed by atoms with E-state index in [0.717, 1.165) is 11.4 Å². The number of benzene rings is 2. The third-order valence-corrected chi connectivity index (χ3v) is 2.69. The molecule has 2 aromatic rings. The van der Waals surface area contributed by atoms with Gasteiger partial charge in [-0.05, 0) is 17.5 Å². The molecule has 0 saturated heterocycles. The predicted octanol–water partition coefficient (Wildman–Crippen LogP) is 3.20. The maximum Gasteiger partial charge on any atom is 0.175 e. The molecule has 1 heterocycles. The van der Waals surface area contributed by atoms with E-state index in [1.54, 1.807) is 0 Å². The van der Waals surface area contributed by atoms with Crippen molar-refractivity contribution in [3.63, 3.8) is 0 Å². The summed E-state index contributed by atoms with van der Waals surface area (Å²) >= 11 is 6.01. The summed E-state index contributed by atoms with van der Waals surface area (Å²) in [6.45, 7) is 0. The zero-order valence-corrected chi connectivity index (χ0v) is 8.18. The van der Waals surface area contributed by atoms with Crippen LogP contribution in [0.3, 0.4) is 0 Å². The summed E-state index contributed by atoms with van der Waals surface area (Å²) in [5, 5.41) is 8.80. The van der Waals surface area contributed by atoms with Crippen LogP contribution in [0.1, 0.15) is 0 Å². The lowest BCUT2D eigenvalue weighted by atomic mass is 10.1. The SMILES string of the molecule is ClC1Nc2cccc3cccc(c23)N1. The van der Waals surface area contributed by atoms with Crippen molar-refractivity contribution in [2.75, 3.05) is 10.6 Å². The number of hydrogen-bond acceptors (Lipinski definition) is 2. The second-order valence-corrected chi connectivity index (χ2v) is 3.80. The smallest absolute Gasteiger partial charge is 0.175 e. The van der Waals surface area contributed by atoms with Gasteiger partial charge in [0.15, 0.2) is 5.62 Å². The van der Waals surface area contributed by atoms with E-state index in [2.05, 4.69) is 22.8 Å². The average molecular weight is 205 g/mol. The topological polar surface area (TPSA) is 24.1 Å². The zero-order chi connectivity index (χ0) is 9.54. The number of rotatable bonds is 0. The average Bonchev–Trinajstić information content (AvgIpc) is 2.18. The van der Waals surface area contributed by atoms with Crippen LogP contribution in [0.5, 0.6) is 0 Å². The van der Waals surface area contributed by atoms with Crippen molar-refractivity contribution >= 4 is 33.7 Å². The first-order chi connectivity index (χ1) is 6.84. The third kappa shape index (κ3) is 1.04. The van der Waals surface area contributed by atoms with E-state index in [-0.39, 0.29) is 5.62 Å². The van der Waals surface area contributed by atoms with Crippen LogP contribution < -0.4 is 10.6 Å². The lowest BCUT2D eigenvalue weighted by molar-refractivity contribution is 1.11. The first-order valence-electron chi connectivity index (χ1n) is 4.53. The second-order valence-electron chi connectivity index (χ2n) is 3.36. The fourth-order valence-corrected chi connectivity index (χ4v) is 2.13. The van der Waals surface area contributed by atoms with Crippen LogP contribution in [-0.2, 0) is 0 Å². The Morgan fingerprint density at radius 2 is 1.50 bits per heavy atom. The number of halogens is 1. The van der Waals surface area contributed by atoms with Gasteiger partial charge in [0, 0.05) is 16.8 Å². The molecule has 2 nitrogen and oxygen atoms in total. The standard InChI is InChI=1S/C11H9ClN2/c12-11-13-8-5-1-3-7-4-2-6-9(14-11)10(7)8/h1-6,11,13-14H. The molecule has 1 aliphatic heterocycles. The van der Waals surface area contributed by atoms with Gasteiger partial charge >= 0.3 is 0 Å². The van der Waals surface area contributed by atoms with Crippen LogP contribution in [0.25, 0.3) is 10.8 Å². The fourth-order valence-electron chi connectivity index (χ4n) is 1.89. The van der Waals surface area contributed by atoms with Gasteiger partial charge in [-0.2, -0.15) is 0 Å². The highest BCUT2D eigenvalue weighted by Crippen LogP contribution is 2.34.